The van der Waals surface area contributed by atoms with Crippen molar-refractivity contribution >= 4 is 11.9 Å². The number of amides is 1. The number of alkyl halides is 3. The summed E-state index contributed by atoms with van der Waals surface area (Å²) in [7, 11) is 0. The van der Waals surface area contributed by atoms with Crippen molar-refractivity contribution in [2.75, 3.05) is 13.1 Å². The molecule has 0 unspecified atom stereocenters. The molecule has 130 valence electrons. The second-order valence-corrected chi connectivity index (χ2v) is 6.59. The summed E-state index contributed by atoms with van der Waals surface area (Å²) < 4.78 is 38.9. The first kappa shape index (κ1) is 16.8. The standard InChI is InChI=1S/C17H18F3NO3/c18-17(19,20)13-4-1-3-12(9-13)16(6-2-7-16)15(24)21-8-5-11(10-21)14(22)23/h1,3-4,9,11H,2,5-8,10H2,(H,22,23)/t11-/m1/s1. The number of aliphatic carboxylic acids is 1. The van der Waals surface area contributed by atoms with Crippen molar-refractivity contribution in [3.63, 3.8) is 0 Å². The van der Waals surface area contributed by atoms with E-state index in [0.717, 1.165) is 18.6 Å². The lowest BCUT2D eigenvalue weighted by atomic mass is 9.63. The summed E-state index contributed by atoms with van der Waals surface area (Å²) in [4.78, 5) is 25.5. The first-order chi connectivity index (χ1) is 11.2. The van der Waals surface area contributed by atoms with Gasteiger partial charge in [0.25, 0.3) is 0 Å². The molecule has 4 nitrogen and oxygen atoms in total. The van der Waals surface area contributed by atoms with Crippen molar-refractivity contribution in [1.82, 2.24) is 4.90 Å². The zero-order valence-electron chi connectivity index (χ0n) is 13.0. The Bertz CT molecular complexity index is 667. The molecule has 1 N–H and O–H groups in total. The molecule has 7 heteroatoms. The number of carboxylic acid groups (broad SMARTS) is 1. The van der Waals surface area contributed by atoms with Crippen LogP contribution in [0.5, 0.6) is 0 Å². The first-order valence-electron chi connectivity index (χ1n) is 7.94. The second kappa shape index (κ2) is 5.79. The van der Waals surface area contributed by atoms with Gasteiger partial charge in [0.1, 0.15) is 0 Å². The molecule has 0 radical (unpaired) electrons. The highest BCUT2D eigenvalue weighted by Gasteiger charge is 2.49. The SMILES string of the molecule is O=C(O)[C@@H]1CCN(C(=O)C2(c3cccc(C(F)(F)F)c3)CCC2)C1. The third kappa shape index (κ3) is 2.76. The van der Waals surface area contributed by atoms with E-state index in [1.54, 1.807) is 6.07 Å². The van der Waals surface area contributed by atoms with E-state index in [-0.39, 0.29) is 12.5 Å². The third-order valence-electron chi connectivity index (χ3n) is 5.18. The number of hydrogen-bond donors (Lipinski definition) is 1. The Morgan fingerprint density at radius 3 is 2.46 bits per heavy atom. The van der Waals surface area contributed by atoms with E-state index >= 15 is 0 Å². The minimum atomic E-state index is -4.45. The molecular formula is C17H18F3NO3. The lowest BCUT2D eigenvalue weighted by Gasteiger charge is -2.43. The van der Waals surface area contributed by atoms with Crippen LogP contribution in [0.3, 0.4) is 0 Å². The van der Waals surface area contributed by atoms with Crippen LogP contribution < -0.4 is 0 Å². The van der Waals surface area contributed by atoms with E-state index in [9.17, 15) is 22.8 Å². The summed E-state index contributed by atoms with van der Waals surface area (Å²) in [5.74, 6) is -1.77. The maximum absolute atomic E-state index is 13.0. The van der Waals surface area contributed by atoms with Gasteiger partial charge in [0.15, 0.2) is 0 Å². The van der Waals surface area contributed by atoms with Crippen LogP contribution in [0.25, 0.3) is 0 Å². The molecule has 1 aliphatic heterocycles. The van der Waals surface area contributed by atoms with Crippen molar-refractivity contribution < 1.29 is 27.9 Å². The van der Waals surface area contributed by atoms with E-state index in [1.807, 2.05) is 0 Å². The molecule has 1 atom stereocenters. The van der Waals surface area contributed by atoms with Crippen LogP contribution in [0.1, 0.15) is 36.8 Å². The van der Waals surface area contributed by atoms with Crippen molar-refractivity contribution in [3.05, 3.63) is 35.4 Å². The van der Waals surface area contributed by atoms with E-state index in [4.69, 9.17) is 5.11 Å². The molecule has 1 aromatic rings. The van der Waals surface area contributed by atoms with Gasteiger partial charge in [-0.3, -0.25) is 9.59 Å². The molecule has 24 heavy (non-hydrogen) atoms. The van der Waals surface area contributed by atoms with Crippen LogP contribution in [0.2, 0.25) is 0 Å². The first-order valence-corrected chi connectivity index (χ1v) is 7.94. The molecule has 1 saturated carbocycles. The van der Waals surface area contributed by atoms with Gasteiger partial charge < -0.3 is 10.0 Å². The van der Waals surface area contributed by atoms with E-state index < -0.39 is 29.0 Å². The molecule has 0 spiro atoms. The summed E-state index contributed by atoms with van der Waals surface area (Å²) in [6, 6.07) is 4.95. The average molecular weight is 341 g/mol. The Kier molecular flexibility index (Phi) is 4.05. The number of carbonyl (C=O) groups excluding carboxylic acids is 1. The minimum absolute atomic E-state index is 0.134. The molecule has 1 aromatic carbocycles. The Balaban J connectivity index is 1.87. The summed E-state index contributed by atoms with van der Waals surface area (Å²) >= 11 is 0. The smallest absolute Gasteiger partial charge is 0.416 e. The molecular weight excluding hydrogens is 323 g/mol. The van der Waals surface area contributed by atoms with Gasteiger partial charge in [0, 0.05) is 13.1 Å². The van der Waals surface area contributed by atoms with Gasteiger partial charge in [-0.15, -0.1) is 0 Å². The van der Waals surface area contributed by atoms with Gasteiger partial charge in [-0.2, -0.15) is 13.2 Å². The van der Waals surface area contributed by atoms with Crippen molar-refractivity contribution in [2.45, 2.75) is 37.3 Å². The largest absolute Gasteiger partial charge is 0.481 e. The summed E-state index contributed by atoms with van der Waals surface area (Å²) in [6.07, 6.45) is -2.28. The summed E-state index contributed by atoms with van der Waals surface area (Å²) in [5, 5.41) is 9.07. The fourth-order valence-corrected chi connectivity index (χ4v) is 3.60. The number of rotatable bonds is 3. The molecule has 1 amide bonds. The molecule has 3 rings (SSSR count). The monoisotopic (exact) mass is 341 g/mol. The van der Waals surface area contributed by atoms with Crippen LogP contribution >= 0.6 is 0 Å². The van der Waals surface area contributed by atoms with E-state index in [0.29, 0.717) is 31.4 Å². The van der Waals surface area contributed by atoms with Crippen LogP contribution in [-0.4, -0.2) is 35.0 Å². The van der Waals surface area contributed by atoms with Gasteiger partial charge in [-0.05, 0) is 30.9 Å². The lowest BCUT2D eigenvalue weighted by molar-refractivity contribution is -0.143. The van der Waals surface area contributed by atoms with Gasteiger partial charge in [-0.25, -0.2) is 0 Å². The average Bonchev–Trinajstić information content (AvgIpc) is 2.95. The predicted molar refractivity (Wildman–Crippen MR) is 79.3 cm³/mol. The van der Waals surface area contributed by atoms with Crippen molar-refractivity contribution in [1.29, 1.82) is 0 Å². The Hall–Kier alpha value is -2.05. The van der Waals surface area contributed by atoms with E-state index in [2.05, 4.69) is 0 Å². The minimum Gasteiger partial charge on any atom is -0.481 e. The number of halogens is 3. The van der Waals surface area contributed by atoms with Gasteiger partial charge in [0.2, 0.25) is 5.91 Å². The summed E-state index contributed by atoms with van der Waals surface area (Å²) in [5.41, 5.74) is -1.31. The Labute approximate surface area is 137 Å². The zero-order chi connectivity index (χ0) is 17.5. The van der Waals surface area contributed by atoms with Gasteiger partial charge >= 0.3 is 12.1 Å². The number of benzene rings is 1. The molecule has 2 aliphatic rings. The number of carboxylic acids is 1. The lowest BCUT2D eigenvalue weighted by Crippen LogP contribution is -2.50. The predicted octanol–water partition coefficient (Wildman–Crippen LogP) is 3.06. The highest BCUT2D eigenvalue weighted by atomic mass is 19.4. The van der Waals surface area contributed by atoms with Crippen LogP contribution in [-0.2, 0) is 21.2 Å². The van der Waals surface area contributed by atoms with Gasteiger partial charge in [-0.1, -0.05) is 24.6 Å². The maximum Gasteiger partial charge on any atom is 0.416 e. The van der Waals surface area contributed by atoms with Crippen molar-refractivity contribution in [3.8, 4) is 0 Å². The molecule has 2 fully saturated rings. The highest BCUT2D eigenvalue weighted by molar-refractivity contribution is 5.90. The van der Waals surface area contributed by atoms with Gasteiger partial charge in [0.05, 0.1) is 16.9 Å². The Morgan fingerprint density at radius 2 is 1.96 bits per heavy atom. The topological polar surface area (TPSA) is 57.6 Å². The third-order valence-corrected chi connectivity index (χ3v) is 5.18. The normalized spacial score (nSPS) is 23.0. The molecule has 0 aromatic heterocycles. The highest BCUT2D eigenvalue weighted by Crippen LogP contribution is 2.47. The summed E-state index contributed by atoms with van der Waals surface area (Å²) in [6.45, 7) is 0.478. The number of nitrogens with zero attached hydrogens (tertiary/aromatic N) is 1. The Morgan fingerprint density at radius 1 is 1.25 bits per heavy atom. The maximum atomic E-state index is 13.0. The fraction of sp³-hybridized carbons (Fsp3) is 0.529. The molecule has 1 saturated heterocycles. The molecule has 1 aliphatic carbocycles. The number of likely N-dealkylation sites (tertiary alicyclic amines) is 1. The van der Waals surface area contributed by atoms with E-state index in [1.165, 1.54) is 11.0 Å². The second-order valence-electron chi connectivity index (χ2n) is 6.59. The number of carbonyl (C=O) groups is 2. The number of hydrogen-bond acceptors (Lipinski definition) is 2. The molecule has 0 bridgehead atoms. The van der Waals surface area contributed by atoms with Crippen LogP contribution in [0, 0.1) is 5.92 Å². The van der Waals surface area contributed by atoms with Crippen LogP contribution in [0.15, 0.2) is 24.3 Å². The van der Waals surface area contributed by atoms with Crippen molar-refractivity contribution in [2.24, 2.45) is 5.92 Å². The fourth-order valence-electron chi connectivity index (χ4n) is 3.60. The molecule has 1 heterocycles. The quantitative estimate of drug-likeness (QED) is 0.919. The zero-order valence-corrected chi connectivity index (χ0v) is 13.0. The van der Waals surface area contributed by atoms with Crippen LogP contribution in [0.4, 0.5) is 13.2 Å².